The number of likely N-dealkylation sites (N-methyl/N-ethyl adjacent to an activating group) is 1. The molecule has 1 aliphatic heterocycles. The molecule has 0 unspecified atom stereocenters. The number of nitrogens with one attached hydrogen (secondary N) is 2. The maximum Gasteiger partial charge on any atom is 0.315 e. The maximum absolute atomic E-state index is 13.2. The minimum absolute atomic E-state index is 0.00186. The van der Waals surface area contributed by atoms with Gasteiger partial charge in [-0.1, -0.05) is 73.7 Å². The number of aliphatic hydroxyl groups is 1. The van der Waals surface area contributed by atoms with E-state index in [4.69, 9.17) is 9.47 Å². The third kappa shape index (κ3) is 8.36. The fraction of sp³-hybridized carbons (Fsp3) is 0.467. The van der Waals surface area contributed by atoms with Gasteiger partial charge in [0.2, 0.25) is 0 Å². The molecule has 5 aliphatic rings. The van der Waals surface area contributed by atoms with E-state index in [0.29, 0.717) is 6.54 Å². The Morgan fingerprint density at radius 2 is 1.57 bits per heavy atom. The summed E-state index contributed by atoms with van der Waals surface area (Å²) in [4.78, 5) is 20.0. The Hall–Kier alpha value is -4.08. The first-order valence-electron chi connectivity index (χ1n) is 19.7. The van der Waals surface area contributed by atoms with Gasteiger partial charge in [0.25, 0.3) is 0 Å². The van der Waals surface area contributed by atoms with Gasteiger partial charge < -0.3 is 30.1 Å². The van der Waals surface area contributed by atoms with E-state index in [-0.39, 0.29) is 36.3 Å². The maximum atomic E-state index is 13.2. The van der Waals surface area contributed by atoms with Gasteiger partial charge in [0.1, 0.15) is 0 Å². The lowest BCUT2D eigenvalue weighted by atomic mass is 9.53. The van der Waals surface area contributed by atoms with Crippen molar-refractivity contribution in [1.29, 1.82) is 0 Å². The number of nitrogens with zero attached hydrogens (tertiary/aromatic N) is 2. The molecule has 2 heterocycles. The summed E-state index contributed by atoms with van der Waals surface area (Å²) in [5.74, 6) is 2.47. The Kier molecular flexibility index (Phi) is 10.7. The summed E-state index contributed by atoms with van der Waals surface area (Å²) in [6.07, 6.45) is 9.42. The molecule has 3 N–H and O–H groups in total. The van der Waals surface area contributed by atoms with Crippen molar-refractivity contribution in [2.45, 2.75) is 89.1 Å². The Morgan fingerprint density at radius 3 is 2.26 bits per heavy atom. The van der Waals surface area contributed by atoms with Crippen molar-refractivity contribution in [3.05, 3.63) is 125 Å². The van der Waals surface area contributed by atoms with Crippen LogP contribution in [-0.2, 0) is 29.0 Å². The molecule has 4 atom stereocenters. The van der Waals surface area contributed by atoms with Crippen LogP contribution in [0.3, 0.4) is 0 Å². The van der Waals surface area contributed by atoms with Crippen LogP contribution < -0.4 is 10.6 Å². The Balaban J connectivity index is 0.955. The topological polar surface area (TPSA) is 96.0 Å². The van der Waals surface area contributed by atoms with Crippen molar-refractivity contribution in [3.63, 3.8) is 0 Å². The molecule has 8 nitrogen and oxygen atoms in total. The molecule has 9 rings (SSSR count). The first-order valence-corrected chi connectivity index (χ1v) is 19.7. The number of urea groups is 1. The summed E-state index contributed by atoms with van der Waals surface area (Å²) in [5.41, 5.74) is 7.21. The number of amides is 2. The van der Waals surface area contributed by atoms with Crippen LogP contribution in [0.4, 0.5) is 4.79 Å². The molecule has 4 aromatic rings. The number of carbonyl (C=O) groups excluding carboxylic acids is 1. The standard InChI is InChI=1S/C45H54N4O4/c1-30-41(28-49(2)18-16-40-11-3-4-17-46-40)52-43(53-42(30)36-14-12-31(29-50)13-15-36)39-10-6-9-38(23-39)37-8-5-7-32(22-37)27-47-44(51)48-45-24-33-19-34(25-45)21-35(20-33)26-45/h3-15,17,22-23,30,33-35,41-43,50H,16,18-21,24-29H2,1-2H3,(H2,47,48,51)/t30-,33?,34?,35?,41+,42+,43+,45?/m0/s1. The highest BCUT2D eigenvalue weighted by molar-refractivity contribution is 5.75. The second-order valence-electron chi connectivity index (χ2n) is 16.5. The van der Waals surface area contributed by atoms with Crippen LogP contribution in [0.25, 0.3) is 11.1 Å². The molecule has 278 valence electrons. The number of ether oxygens (including phenoxy) is 2. The van der Waals surface area contributed by atoms with E-state index >= 15 is 0 Å². The van der Waals surface area contributed by atoms with Crippen LogP contribution in [0.5, 0.6) is 0 Å². The smallest absolute Gasteiger partial charge is 0.315 e. The van der Waals surface area contributed by atoms with Crippen LogP contribution in [0.2, 0.25) is 0 Å². The van der Waals surface area contributed by atoms with E-state index in [1.165, 1.54) is 19.3 Å². The highest BCUT2D eigenvalue weighted by atomic mass is 16.7. The number of rotatable bonds is 12. The molecule has 53 heavy (non-hydrogen) atoms. The first kappa shape index (κ1) is 35.9. The van der Waals surface area contributed by atoms with Crippen molar-refractivity contribution < 1.29 is 19.4 Å². The molecule has 5 fully saturated rings. The minimum atomic E-state index is -0.555. The third-order valence-corrected chi connectivity index (χ3v) is 12.4. The summed E-state index contributed by atoms with van der Waals surface area (Å²) in [7, 11) is 2.14. The average molecular weight is 715 g/mol. The number of aromatic nitrogens is 1. The Labute approximate surface area is 314 Å². The Morgan fingerprint density at radius 1 is 0.849 bits per heavy atom. The fourth-order valence-electron chi connectivity index (χ4n) is 10.0. The molecule has 4 saturated carbocycles. The number of hydrogen-bond donors (Lipinski definition) is 3. The number of aliphatic hydroxyl groups excluding tert-OH is 1. The number of pyridine rings is 1. The molecule has 8 heteroatoms. The van der Waals surface area contributed by atoms with Crippen LogP contribution in [0, 0.1) is 23.7 Å². The van der Waals surface area contributed by atoms with E-state index in [2.05, 4.69) is 101 Å². The minimum Gasteiger partial charge on any atom is -0.392 e. The summed E-state index contributed by atoms with van der Waals surface area (Å²) in [6.45, 7) is 4.32. The molecular weight excluding hydrogens is 661 g/mol. The van der Waals surface area contributed by atoms with E-state index in [9.17, 15) is 9.90 Å². The molecule has 0 radical (unpaired) electrons. The van der Waals surface area contributed by atoms with E-state index in [0.717, 1.165) is 95.6 Å². The number of hydrogen-bond acceptors (Lipinski definition) is 6. The van der Waals surface area contributed by atoms with Gasteiger partial charge >= 0.3 is 6.03 Å². The quantitative estimate of drug-likeness (QED) is 0.138. The molecule has 0 spiro atoms. The number of carbonyl (C=O) groups is 1. The summed E-state index contributed by atoms with van der Waals surface area (Å²) in [6, 6.07) is 31.0. The second kappa shape index (κ2) is 15.7. The zero-order valence-electron chi connectivity index (χ0n) is 31.1. The molecule has 4 bridgehead atoms. The third-order valence-electron chi connectivity index (χ3n) is 12.4. The van der Waals surface area contributed by atoms with Gasteiger partial charge in [0, 0.05) is 55.0 Å². The van der Waals surface area contributed by atoms with Crippen molar-refractivity contribution in [3.8, 4) is 11.1 Å². The highest BCUT2D eigenvalue weighted by Gasteiger charge is 2.51. The first-order chi connectivity index (χ1) is 25.8. The zero-order valence-corrected chi connectivity index (χ0v) is 31.1. The van der Waals surface area contributed by atoms with Gasteiger partial charge in [-0.25, -0.2) is 4.79 Å². The van der Waals surface area contributed by atoms with E-state index < -0.39 is 6.29 Å². The average Bonchev–Trinajstić information content (AvgIpc) is 3.17. The molecule has 4 aliphatic carbocycles. The molecule has 2 amide bonds. The fourth-order valence-corrected chi connectivity index (χ4v) is 10.0. The summed E-state index contributed by atoms with van der Waals surface area (Å²) >= 11 is 0. The predicted molar refractivity (Wildman–Crippen MR) is 207 cm³/mol. The van der Waals surface area contributed by atoms with Crippen LogP contribution in [0.1, 0.15) is 85.8 Å². The van der Waals surface area contributed by atoms with Gasteiger partial charge in [-0.2, -0.15) is 0 Å². The van der Waals surface area contributed by atoms with Gasteiger partial charge in [-0.3, -0.25) is 4.98 Å². The summed E-state index contributed by atoms with van der Waals surface area (Å²) in [5, 5.41) is 16.3. The lowest BCUT2D eigenvalue weighted by Crippen LogP contribution is -2.61. The molecule has 1 saturated heterocycles. The van der Waals surface area contributed by atoms with Crippen LogP contribution >= 0.6 is 0 Å². The second-order valence-corrected chi connectivity index (χ2v) is 16.5. The van der Waals surface area contributed by atoms with E-state index in [1.54, 1.807) is 0 Å². The Bertz CT molecular complexity index is 1810. The predicted octanol–water partition coefficient (Wildman–Crippen LogP) is 7.97. The largest absolute Gasteiger partial charge is 0.392 e. The lowest BCUT2D eigenvalue weighted by Gasteiger charge is -2.56. The van der Waals surface area contributed by atoms with Crippen molar-refractivity contribution in [2.75, 3.05) is 20.1 Å². The molecule has 3 aromatic carbocycles. The van der Waals surface area contributed by atoms with Gasteiger partial charge in [0.15, 0.2) is 6.29 Å². The lowest BCUT2D eigenvalue weighted by molar-refractivity contribution is -0.275. The van der Waals surface area contributed by atoms with Crippen molar-refractivity contribution in [2.24, 2.45) is 23.7 Å². The van der Waals surface area contributed by atoms with Crippen LogP contribution in [0.15, 0.2) is 97.2 Å². The highest BCUT2D eigenvalue weighted by Crippen LogP contribution is 2.55. The van der Waals surface area contributed by atoms with E-state index in [1.807, 2.05) is 30.5 Å². The van der Waals surface area contributed by atoms with Crippen LogP contribution in [-0.4, -0.2) is 52.8 Å². The van der Waals surface area contributed by atoms with Gasteiger partial charge in [0.05, 0.1) is 18.8 Å². The summed E-state index contributed by atoms with van der Waals surface area (Å²) < 4.78 is 13.6. The normalized spacial score (nSPS) is 28.9. The van der Waals surface area contributed by atoms with Crippen molar-refractivity contribution in [1.82, 2.24) is 20.5 Å². The van der Waals surface area contributed by atoms with Gasteiger partial charge in [-0.05, 0) is 115 Å². The van der Waals surface area contributed by atoms with Gasteiger partial charge in [-0.15, -0.1) is 0 Å². The molecule has 1 aromatic heterocycles. The van der Waals surface area contributed by atoms with Crippen molar-refractivity contribution >= 4 is 6.03 Å². The zero-order chi connectivity index (χ0) is 36.4. The monoisotopic (exact) mass is 714 g/mol. The molecular formula is C45H54N4O4. The number of benzene rings is 3. The SMILES string of the molecule is C[C@H]1[C@@H](CN(C)CCc2ccccn2)O[C@@H](c2cccc(-c3cccc(CNC(=O)NC45CC6CC(CC(C6)C4)C5)c3)c2)O[C@H]1c1ccc(CO)cc1.